The molecule has 17 heavy (non-hydrogen) atoms. The summed E-state index contributed by atoms with van der Waals surface area (Å²) in [4.78, 5) is 20.5. The molecule has 0 saturated heterocycles. The Labute approximate surface area is 101 Å². The molecule has 5 nitrogen and oxygen atoms in total. The minimum atomic E-state index is -0.895. The topological polar surface area (TPSA) is 89.1 Å². The van der Waals surface area contributed by atoms with E-state index < -0.39 is 5.97 Å². The maximum atomic E-state index is 11.0. The summed E-state index contributed by atoms with van der Waals surface area (Å²) in [7, 11) is 0. The van der Waals surface area contributed by atoms with E-state index >= 15 is 0 Å². The van der Waals surface area contributed by atoms with Crippen LogP contribution >= 0.6 is 11.3 Å². The molecule has 3 N–H and O–H groups in total. The van der Waals surface area contributed by atoms with Crippen molar-refractivity contribution < 1.29 is 9.90 Å². The van der Waals surface area contributed by atoms with Crippen molar-refractivity contribution in [2.45, 2.75) is 12.8 Å². The number of fused-ring (bicyclic) bond motifs is 3. The molecule has 0 spiro atoms. The van der Waals surface area contributed by atoms with Gasteiger partial charge < -0.3 is 10.8 Å². The van der Waals surface area contributed by atoms with Crippen LogP contribution in [-0.4, -0.2) is 21.0 Å². The third-order valence-electron chi connectivity index (χ3n) is 2.78. The summed E-state index contributed by atoms with van der Waals surface area (Å²) in [6.07, 6.45) is 3.40. The summed E-state index contributed by atoms with van der Waals surface area (Å²) >= 11 is 1.31. The van der Waals surface area contributed by atoms with Gasteiger partial charge in [0.1, 0.15) is 4.88 Å². The molecule has 0 aliphatic heterocycles. The van der Waals surface area contributed by atoms with E-state index in [-0.39, 0.29) is 5.95 Å². The van der Waals surface area contributed by atoms with Crippen molar-refractivity contribution in [2.24, 2.45) is 0 Å². The fourth-order valence-electron chi connectivity index (χ4n) is 2.01. The van der Waals surface area contributed by atoms with E-state index in [2.05, 4.69) is 9.97 Å². The summed E-state index contributed by atoms with van der Waals surface area (Å²) in [6, 6.07) is 1.67. The third-order valence-corrected chi connectivity index (χ3v) is 3.96. The van der Waals surface area contributed by atoms with Crippen LogP contribution in [0.25, 0.3) is 11.3 Å². The minimum Gasteiger partial charge on any atom is -0.477 e. The highest BCUT2D eigenvalue weighted by Crippen LogP contribution is 2.37. The van der Waals surface area contributed by atoms with Crippen LogP contribution in [0.1, 0.15) is 20.1 Å². The van der Waals surface area contributed by atoms with Crippen LogP contribution in [0.5, 0.6) is 0 Å². The Kier molecular flexibility index (Phi) is 2.12. The number of anilines is 1. The fourth-order valence-corrected chi connectivity index (χ4v) is 3.00. The highest BCUT2D eigenvalue weighted by atomic mass is 32.1. The maximum absolute atomic E-state index is 11.0. The van der Waals surface area contributed by atoms with Crippen molar-refractivity contribution in [3.8, 4) is 11.3 Å². The van der Waals surface area contributed by atoms with Crippen LogP contribution in [0, 0.1) is 0 Å². The number of aromatic carboxylic acids is 1. The summed E-state index contributed by atoms with van der Waals surface area (Å²) < 4.78 is 0. The Morgan fingerprint density at radius 3 is 3.06 bits per heavy atom. The molecule has 86 valence electrons. The Balaban J connectivity index is 2.21. The standard InChI is InChI=1S/C11H9N3O2S/c12-11-13-4-5-1-2-7-6(9(5)14-11)3-8(17-7)10(15)16/h3-4H,1-2H2,(H,15,16)(H2,12,13,14). The second-order valence-corrected chi connectivity index (χ2v) is 4.99. The zero-order chi connectivity index (χ0) is 12.0. The zero-order valence-electron chi connectivity index (χ0n) is 8.80. The number of thiophene rings is 1. The molecule has 0 saturated carbocycles. The van der Waals surface area contributed by atoms with Gasteiger partial charge in [-0.15, -0.1) is 11.3 Å². The smallest absolute Gasteiger partial charge is 0.345 e. The Hall–Kier alpha value is -1.95. The van der Waals surface area contributed by atoms with E-state index in [0.29, 0.717) is 4.88 Å². The molecule has 0 radical (unpaired) electrons. The van der Waals surface area contributed by atoms with E-state index in [4.69, 9.17) is 10.8 Å². The summed E-state index contributed by atoms with van der Waals surface area (Å²) in [6.45, 7) is 0. The quantitative estimate of drug-likeness (QED) is 0.798. The molecule has 0 fully saturated rings. The lowest BCUT2D eigenvalue weighted by atomic mass is 9.96. The van der Waals surface area contributed by atoms with Crippen molar-refractivity contribution in [3.63, 3.8) is 0 Å². The molecular formula is C11H9N3O2S. The molecule has 1 aliphatic carbocycles. The van der Waals surface area contributed by atoms with Crippen LogP contribution < -0.4 is 5.73 Å². The number of nitrogens with two attached hydrogens (primary N) is 1. The monoisotopic (exact) mass is 247 g/mol. The molecule has 0 unspecified atom stereocenters. The second kappa shape index (κ2) is 3.53. The first-order valence-electron chi connectivity index (χ1n) is 5.13. The normalized spacial score (nSPS) is 12.9. The number of carboxylic acids is 1. The van der Waals surface area contributed by atoms with Crippen molar-refractivity contribution in [1.82, 2.24) is 9.97 Å². The van der Waals surface area contributed by atoms with Crippen LogP contribution in [0.4, 0.5) is 5.95 Å². The molecule has 2 heterocycles. The number of carboxylic acid groups (broad SMARTS) is 1. The number of aromatic nitrogens is 2. The number of nitrogen functional groups attached to an aromatic ring is 1. The van der Waals surface area contributed by atoms with Gasteiger partial charge in [0.25, 0.3) is 0 Å². The number of carbonyl (C=O) groups is 1. The number of rotatable bonds is 1. The highest BCUT2D eigenvalue weighted by molar-refractivity contribution is 7.14. The van der Waals surface area contributed by atoms with Crippen molar-refractivity contribution in [3.05, 3.63) is 27.6 Å². The third kappa shape index (κ3) is 1.57. The molecule has 1 aliphatic rings. The van der Waals surface area contributed by atoms with Gasteiger partial charge in [0.05, 0.1) is 5.69 Å². The van der Waals surface area contributed by atoms with E-state index in [1.807, 2.05) is 0 Å². The van der Waals surface area contributed by atoms with Crippen LogP contribution in [0.3, 0.4) is 0 Å². The van der Waals surface area contributed by atoms with Crippen molar-refractivity contribution in [2.75, 3.05) is 5.73 Å². The number of nitrogens with zero attached hydrogens (tertiary/aromatic N) is 2. The molecule has 3 rings (SSSR count). The maximum Gasteiger partial charge on any atom is 0.345 e. The fraction of sp³-hybridized carbons (Fsp3) is 0.182. The van der Waals surface area contributed by atoms with Gasteiger partial charge in [-0.25, -0.2) is 14.8 Å². The Morgan fingerprint density at radius 2 is 2.29 bits per heavy atom. The molecular weight excluding hydrogens is 238 g/mol. The first kappa shape index (κ1) is 10.2. The lowest BCUT2D eigenvalue weighted by Gasteiger charge is -2.14. The van der Waals surface area contributed by atoms with Crippen LogP contribution in [-0.2, 0) is 12.8 Å². The van der Waals surface area contributed by atoms with Gasteiger partial charge in [-0.1, -0.05) is 0 Å². The van der Waals surface area contributed by atoms with Gasteiger partial charge in [-0.05, 0) is 24.5 Å². The van der Waals surface area contributed by atoms with Crippen molar-refractivity contribution in [1.29, 1.82) is 0 Å². The molecule has 2 aromatic rings. The van der Waals surface area contributed by atoms with Gasteiger partial charge in [0.15, 0.2) is 0 Å². The van der Waals surface area contributed by atoms with E-state index in [0.717, 1.165) is 34.5 Å². The van der Waals surface area contributed by atoms with Gasteiger partial charge in [0, 0.05) is 16.6 Å². The number of hydrogen-bond donors (Lipinski definition) is 2. The summed E-state index contributed by atoms with van der Waals surface area (Å²) in [5.41, 5.74) is 8.27. The van der Waals surface area contributed by atoms with Crippen LogP contribution in [0.15, 0.2) is 12.3 Å². The largest absolute Gasteiger partial charge is 0.477 e. The molecule has 2 aromatic heterocycles. The first-order valence-corrected chi connectivity index (χ1v) is 5.94. The minimum absolute atomic E-state index is 0.222. The number of hydrogen-bond acceptors (Lipinski definition) is 5. The summed E-state index contributed by atoms with van der Waals surface area (Å²) in [5.74, 6) is -0.673. The predicted octanol–water partition coefficient (Wildman–Crippen LogP) is 1.58. The Morgan fingerprint density at radius 1 is 1.47 bits per heavy atom. The average molecular weight is 247 g/mol. The lowest BCUT2D eigenvalue weighted by molar-refractivity contribution is 0.0702. The van der Waals surface area contributed by atoms with Gasteiger partial charge in [-0.3, -0.25) is 0 Å². The molecule has 0 aromatic carbocycles. The number of aryl methyl sites for hydroxylation is 2. The van der Waals surface area contributed by atoms with Gasteiger partial charge >= 0.3 is 5.97 Å². The van der Waals surface area contributed by atoms with E-state index in [9.17, 15) is 4.79 Å². The average Bonchev–Trinajstić information content (AvgIpc) is 2.73. The molecule has 0 amide bonds. The zero-order valence-corrected chi connectivity index (χ0v) is 9.62. The molecule has 0 atom stereocenters. The van der Waals surface area contributed by atoms with Gasteiger partial charge in [-0.2, -0.15) is 0 Å². The molecule has 6 heteroatoms. The van der Waals surface area contributed by atoms with Crippen molar-refractivity contribution >= 4 is 23.3 Å². The highest BCUT2D eigenvalue weighted by Gasteiger charge is 2.22. The van der Waals surface area contributed by atoms with E-state index in [1.165, 1.54) is 11.3 Å². The van der Waals surface area contributed by atoms with Crippen LogP contribution in [0.2, 0.25) is 0 Å². The predicted molar refractivity (Wildman–Crippen MR) is 64.1 cm³/mol. The van der Waals surface area contributed by atoms with E-state index in [1.54, 1.807) is 12.3 Å². The van der Waals surface area contributed by atoms with Gasteiger partial charge in [0.2, 0.25) is 5.95 Å². The SMILES string of the molecule is Nc1ncc2c(n1)-c1cc(C(=O)O)sc1CC2. The molecule has 0 bridgehead atoms. The Bertz CT molecular complexity index is 621. The first-order chi connectivity index (χ1) is 8.15. The second-order valence-electron chi connectivity index (χ2n) is 3.85. The summed E-state index contributed by atoms with van der Waals surface area (Å²) in [5, 5.41) is 8.99. The lowest BCUT2D eigenvalue weighted by Crippen LogP contribution is -2.06.